The molecule has 0 saturated carbocycles. The fourth-order valence-corrected chi connectivity index (χ4v) is 1.51. The van der Waals surface area contributed by atoms with E-state index in [2.05, 4.69) is 10.6 Å². The van der Waals surface area contributed by atoms with Crippen LogP contribution >= 0.6 is 0 Å². The van der Waals surface area contributed by atoms with Gasteiger partial charge in [-0.3, -0.25) is 4.79 Å². The largest absolute Gasteiger partial charge is 0.445 e. The van der Waals surface area contributed by atoms with Gasteiger partial charge >= 0.3 is 6.09 Å². The highest BCUT2D eigenvalue weighted by atomic mass is 16.5. The Morgan fingerprint density at radius 1 is 1.30 bits per heavy atom. The van der Waals surface area contributed by atoms with Crippen molar-refractivity contribution in [3.63, 3.8) is 0 Å². The molecule has 1 atom stereocenters. The zero-order valence-corrected chi connectivity index (χ0v) is 11.7. The van der Waals surface area contributed by atoms with E-state index >= 15 is 0 Å². The number of alkyl carbamates (subject to hydrolysis) is 1. The van der Waals surface area contributed by atoms with Gasteiger partial charge in [-0.1, -0.05) is 30.3 Å². The number of rotatable bonds is 6. The standard InChI is InChI=1S/C14H20N2O4/c1-3-15-12(18)14(2,10-17)16-13(19)20-9-11-7-5-4-6-8-11/h4-8,17H,3,9-10H2,1-2H3,(H,15,18)(H,16,19). The highest BCUT2D eigenvalue weighted by molar-refractivity contribution is 5.89. The van der Waals surface area contributed by atoms with Gasteiger partial charge in [-0.05, 0) is 19.4 Å². The van der Waals surface area contributed by atoms with Gasteiger partial charge in [-0.25, -0.2) is 4.79 Å². The maximum atomic E-state index is 11.8. The van der Waals surface area contributed by atoms with E-state index in [0.717, 1.165) is 5.56 Å². The molecule has 0 bridgehead atoms. The van der Waals surface area contributed by atoms with Crippen molar-refractivity contribution >= 4 is 12.0 Å². The number of aliphatic hydroxyl groups is 1. The van der Waals surface area contributed by atoms with E-state index < -0.39 is 24.1 Å². The first-order chi connectivity index (χ1) is 9.51. The van der Waals surface area contributed by atoms with Gasteiger partial charge in [0.15, 0.2) is 0 Å². The Labute approximate surface area is 118 Å². The molecule has 0 aliphatic carbocycles. The zero-order chi connectivity index (χ0) is 15.0. The first kappa shape index (κ1) is 16.0. The lowest BCUT2D eigenvalue weighted by atomic mass is 10.0. The summed E-state index contributed by atoms with van der Waals surface area (Å²) in [6, 6.07) is 9.18. The quantitative estimate of drug-likeness (QED) is 0.719. The van der Waals surface area contributed by atoms with Crippen LogP contribution in [-0.2, 0) is 16.1 Å². The molecule has 1 aromatic carbocycles. The molecule has 20 heavy (non-hydrogen) atoms. The number of nitrogens with one attached hydrogen (secondary N) is 2. The van der Waals surface area contributed by atoms with Gasteiger partial charge in [-0.2, -0.15) is 0 Å². The third kappa shape index (κ3) is 4.55. The van der Waals surface area contributed by atoms with Crippen LogP contribution in [0.25, 0.3) is 0 Å². The Kier molecular flexibility index (Phi) is 5.99. The number of ether oxygens (including phenoxy) is 1. The van der Waals surface area contributed by atoms with Gasteiger partial charge in [0, 0.05) is 6.54 Å². The summed E-state index contributed by atoms with van der Waals surface area (Å²) in [5.41, 5.74) is -0.560. The summed E-state index contributed by atoms with van der Waals surface area (Å²) in [6.45, 7) is 3.18. The zero-order valence-electron chi connectivity index (χ0n) is 11.7. The molecule has 0 fully saturated rings. The van der Waals surface area contributed by atoms with E-state index in [1.54, 1.807) is 6.92 Å². The number of carbonyl (C=O) groups excluding carboxylic acids is 2. The van der Waals surface area contributed by atoms with E-state index in [9.17, 15) is 14.7 Å². The van der Waals surface area contributed by atoms with Crippen molar-refractivity contribution in [2.24, 2.45) is 0 Å². The first-order valence-corrected chi connectivity index (χ1v) is 6.40. The maximum Gasteiger partial charge on any atom is 0.408 e. The van der Waals surface area contributed by atoms with Crippen LogP contribution < -0.4 is 10.6 Å². The average Bonchev–Trinajstić information content (AvgIpc) is 2.46. The number of amides is 2. The Morgan fingerprint density at radius 2 is 1.95 bits per heavy atom. The number of benzene rings is 1. The Hall–Kier alpha value is -2.08. The van der Waals surface area contributed by atoms with Crippen molar-refractivity contribution < 1.29 is 19.4 Å². The Bertz CT molecular complexity index is 450. The van der Waals surface area contributed by atoms with Crippen molar-refractivity contribution in [3.8, 4) is 0 Å². The van der Waals surface area contributed by atoms with Crippen molar-refractivity contribution in [2.75, 3.05) is 13.2 Å². The molecule has 2 amide bonds. The molecule has 0 radical (unpaired) electrons. The minimum Gasteiger partial charge on any atom is -0.445 e. The highest BCUT2D eigenvalue weighted by Gasteiger charge is 2.34. The molecule has 1 aromatic rings. The number of likely N-dealkylation sites (N-methyl/N-ethyl adjacent to an activating group) is 1. The molecule has 110 valence electrons. The van der Waals surface area contributed by atoms with Gasteiger partial charge < -0.3 is 20.5 Å². The second-order valence-corrected chi connectivity index (χ2v) is 4.54. The minimum atomic E-state index is -1.40. The summed E-state index contributed by atoms with van der Waals surface area (Å²) in [5.74, 6) is -0.459. The van der Waals surface area contributed by atoms with Crippen molar-refractivity contribution in [2.45, 2.75) is 26.0 Å². The molecule has 1 unspecified atom stereocenters. The van der Waals surface area contributed by atoms with Gasteiger partial charge in [0.05, 0.1) is 6.61 Å². The van der Waals surface area contributed by atoms with E-state index in [1.807, 2.05) is 30.3 Å². The minimum absolute atomic E-state index is 0.101. The summed E-state index contributed by atoms with van der Waals surface area (Å²) < 4.78 is 5.01. The van der Waals surface area contributed by atoms with Crippen molar-refractivity contribution in [3.05, 3.63) is 35.9 Å². The van der Waals surface area contributed by atoms with Gasteiger partial charge in [0.25, 0.3) is 0 Å². The molecule has 6 heteroatoms. The highest BCUT2D eigenvalue weighted by Crippen LogP contribution is 2.05. The molecule has 0 spiro atoms. The monoisotopic (exact) mass is 280 g/mol. The SMILES string of the molecule is CCNC(=O)C(C)(CO)NC(=O)OCc1ccccc1. The third-order valence-corrected chi connectivity index (χ3v) is 2.75. The second-order valence-electron chi connectivity index (χ2n) is 4.54. The maximum absolute atomic E-state index is 11.8. The smallest absolute Gasteiger partial charge is 0.408 e. The fourth-order valence-electron chi connectivity index (χ4n) is 1.51. The molecule has 3 N–H and O–H groups in total. The van der Waals surface area contributed by atoms with Gasteiger partial charge in [-0.15, -0.1) is 0 Å². The van der Waals surface area contributed by atoms with Crippen LogP contribution in [0, 0.1) is 0 Å². The molecule has 0 saturated heterocycles. The molecular weight excluding hydrogens is 260 g/mol. The number of hydrogen-bond acceptors (Lipinski definition) is 4. The fraction of sp³-hybridized carbons (Fsp3) is 0.429. The normalized spacial score (nSPS) is 13.2. The van der Waals surface area contributed by atoms with E-state index in [-0.39, 0.29) is 6.61 Å². The number of carbonyl (C=O) groups is 2. The van der Waals surface area contributed by atoms with Crippen LogP contribution in [-0.4, -0.2) is 35.8 Å². The summed E-state index contributed by atoms with van der Waals surface area (Å²) in [7, 11) is 0. The average molecular weight is 280 g/mol. The molecule has 0 aromatic heterocycles. The predicted molar refractivity (Wildman–Crippen MR) is 73.9 cm³/mol. The lowest BCUT2D eigenvalue weighted by Crippen LogP contribution is -2.59. The lowest BCUT2D eigenvalue weighted by molar-refractivity contribution is -0.128. The number of aliphatic hydroxyl groups excluding tert-OH is 1. The van der Waals surface area contributed by atoms with Gasteiger partial charge in [0.1, 0.15) is 12.1 Å². The Balaban J connectivity index is 2.53. The molecule has 1 rings (SSSR count). The molecule has 0 aliphatic rings. The third-order valence-electron chi connectivity index (χ3n) is 2.75. The summed E-state index contributed by atoms with van der Waals surface area (Å²) >= 11 is 0. The summed E-state index contributed by atoms with van der Waals surface area (Å²) in [4.78, 5) is 23.4. The van der Waals surface area contributed by atoms with Crippen LogP contribution in [0.1, 0.15) is 19.4 Å². The predicted octanol–water partition coefficient (Wildman–Crippen LogP) is 0.800. The van der Waals surface area contributed by atoms with Gasteiger partial charge in [0.2, 0.25) is 5.91 Å². The summed E-state index contributed by atoms with van der Waals surface area (Å²) in [5, 5.41) is 14.2. The van der Waals surface area contributed by atoms with Crippen LogP contribution in [0.15, 0.2) is 30.3 Å². The molecule has 6 nitrogen and oxygen atoms in total. The molecule has 0 aliphatic heterocycles. The molecular formula is C14H20N2O4. The van der Waals surface area contributed by atoms with Crippen molar-refractivity contribution in [1.29, 1.82) is 0 Å². The van der Waals surface area contributed by atoms with E-state index in [4.69, 9.17) is 4.74 Å². The Morgan fingerprint density at radius 3 is 2.50 bits per heavy atom. The van der Waals surface area contributed by atoms with Crippen LogP contribution in [0.2, 0.25) is 0 Å². The van der Waals surface area contributed by atoms with Crippen molar-refractivity contribution in [1.82, 2.24) is 10.6 Å². The van der Waals surface area contributed by atoms with E-state index in [0.29, 0.717) is 6.54 Å². The second kappa shape index (κ2) is 7.49. The number of hydrogen-bond donors (Lipinski definition) is 3. The van der Waals surface area contributed by atoms with Crippen LogP contribution in [0.3, 0.4) is 0 Å². The van der Waals surface area contributed by atoms with Crippen LogP contribution in [0.4, 0.5) is 4.79 Å². The first-order valence-electron chi connectivity index (χ1n) is 6.40. The van der Waals surface area contributed by atoms with E-state index in [1.165, 1.54) is 6.92 Å². The van der Waals surface area contributed by atoms with Crippen LogP contribution in [0.5, 0.6) is 0 Å². The lowest BCUT2D eigenvalue weighted by Gasteiger charge is -2.26. The summed E-state index contributed by atoms with van der Waals surface area (Å²) in [6.07, 6.45) is -0.753. The molecule has 0 heterocycles. The topological polar surface area (TPSA) is 87.7 Å².